The topological polar surface area (TPSA) is 125 Å². The zero-order chi connectivity index (χ0) is 32.2. The lowest BCUT2D eigenvalue weighted by Gasteiger charge is -2.22. The summed E-state index contributed by atoms with van der Waals surface area (Å²) in [6.45, 7) is 5.45. The number of amides is 1. The number of nitrogens with zero attached hydrogens (tertiary/aromatic N) is 1. The minimum absolute atomic E-state index is 0.0728. The maximum atomic E-state index is 12.5. The Bertz CT molecular complexity index is 1390. The lowest BCUT2D eigenvalue weighted by Crippen LogP contribution is -2.39. The van der Waals surface area contributed by atoms with Gasteiger partial charge in [0.2, 0.25) is 5.91 Å². The first-order chi connectivity index (χ1) is 22.7. The molecule has 46 heavy (non-hydrogen) atoms. The van der Waals surface area contributed by atoms with Crippen LogP contribution in [-0.4, -0.2) is 133 Å². The van der Waals surface area contributed by atoms with Gasteiger partial charge >= 0.3 is 0 Å². The Morgan fingerprint density at radius 1 is 0.522 bits per heavy atom. The zero-order valence-corrected chi connectivity index (χ0v) is 26.5. The monoisotopic (exact) mass is 641 g/mol. The second kappa shape index (κ2) is 21.0. The van der Waals surface area contributed by atoms with Crippen molar-refractivity contribution in [3.05, 3.63) is 60.2 Å². The molecule has 4 rings (SSSR count). The first-order valence-electron chi connectivity index (χ1n) is 15.9. The van der Waals surface area contributed by atoms with Gasteiger partial charge in [0, 0.05) is 13.1 Å². The molecule has 0 heterocycles. The van der Waals surface area contributed by atoms with Crippen molar-refractivity contribution < 1.29 is 48.2 Å². The Kier molecular flexibility index (Phi) is 16.4. The molecule has 1 amide bonds. The average Bonchev–Trinajstić information content (AvgIpc) is 3.08. The van der Waals surface area contributed by atoms with E-state index < -0.39 is 0 Å². The van der Waals surface area contributed by atoms with Gasteiger partial charge in [0.05, 0.1) is 99.1 Å². The standard InChI is InChI=1S/C35H47NO10/c37-12-16-40-14-10-36(11-15-41-17-13-38)33(39)27-46-25-23-44-21-19-42-18-20-43-22-24-45-26-31-7-6-30-5-4-28-2-1-3-29-8-9-32(31)35(30)34(28)29/h1-9,37-38H,10-27H2. The molecule has 0 aliphatic carbocycles. The van der Waals surface area contributed by atoms with Crippen LogP contribution in [0.2, 0.25) is 0 Å². The van der Waals surface area contributed by atoms with E-state index in [1.807, 2.05) is 0 Å². The number of carbonyl (C=O) groups excluding carboxylic acids is 1. The molecule has 0 aliphatic heterocycles. The molecule has 0 radical (unpaired) electrons. The van der Waals surface area contributed by atoms with Gasteiger partial charge < -0.3 is 48.3 Å². The molecule has 0 aliphatic rings. The number of rotatable bonds is 26. The summed E-state index contributed by atoms with van der Waals surface area (Å²) in [6, 6.07) is 19.5. The molecule has 0 atom stereocenters. The Hall–Kier alpha value is -2.97. The highest BCUT2D eigenvalue weighted by atomic mass is 16.6. The lowest BCUT2D eigenvalue weighted by atomic mass is 9.92. The SMILES string of the molecule is O=C(COCCOCCOCCOCCOCc1ccc2ccc3cccc4ccc1c2c34)N(CCOCCO)CCOCCO. The number of aliphatic hydroxyl groups excluding tert-OH is 2. The van der Waals surface area contributed by atoms with Crippen LogP contribution in [0.4, 0.5) is 0 Å². The quantitative estimate of drug-likeness (QED) is 0.0781. The first kappa shape index (κ1) is 35.9. The van der Waals surface area contributed by atoms with E-state index in [4.69, 9.17) is 43.4 Å². The van der Waals surface area contributed by atoms with E-state index in [9.17, 15) is 4.79 Å². The van der Waals surface area contributed by atoms with Gasteiger partial charge in [0.25, 0.3) is 0 Å². The molecule has 11 nitrogen and oxygen atoms in total. The molecule has 2 N–H and O–H groups in total. The molecule has 0 spiro atoms. The Labute approximate surface area is 270 Å². The lowest BCUT2D eigenvalue weighted by molar-refractivity contribution is -0.138. The summed E-state index contributed by atoms with van der Waals surface area (Å²) in [5.41, 5.74) is 1.17. The van der Waals surface area contributed by atoms with Crippen LogP contribution < -0.4 is 0 Å². The second-order valence-corrected chi connectivity index (χ2v) is 10.6. The number of ether oxygens (including phenoxy) is 7. The highest BCUT2D eigenvalue weighted by Gasteiger charge is 2.14. The zero-order valence-electron chi connectivity index (χ0n) is 26.5. The smallest absolute Gasteiger partial charge is 0.248 e. The first-order valence-corrected chi connectivity index (χ1v) is 15.9. The molecular weight excluding hydrogens is 594 g/mol. The predicted molar refractivity (Wildman–Crippen MR) is 175 cm³/mol. The molecule has 0 saturated heterocycles. The third-order valence-corrected chi connectivity index (χ3v) is 7.43. The van der Waals surface area contributed by atoms with E-state index in [1.54, 1.807) is 4.90 Å². The van der Waals surface area contributed by atoms with Gasteiger partial charge in [-0.15, -0.1) is 0 Å². The fraction of sp³-hybridized carbons (Fsp3) is 0.514. The maximum absolute atomic E-state index is 12.5. The van der Waals surface area contributed by atoms with E-state index >= 15 is 0 Å². The van der Waals surface area contributed by atoms with Crippen LogP contribution in [0.15, 0.2) is 54.6 Å². The Morgan fingerprint density at radius 2 is 1.00 bits per heavy atom. The van der Waals surface area contributed by atoms with Gasteiger partial charge in [0.1, 0.15) is 6.61 Å². The third kappa shape index (κ3) is 11.4. The van der Waals surface area contributed by atoms with Crippen LogP contribution in [0.25, 0.3) is 32.3 Å². The van der Waals surface area contributed by atoms with Crippen LogP contribution in [0.3, 0.4) is 0 Å². The Morgan fingerprint density at radius 3 is 1.59 bits per heavy atom. The molecule has 0 saturated carbocycles. The summed E-state index contributed by atoms with van der Waals surface area (Å²) >= 11 is 0. The summed E-state index contributed by atoms with van der Waals surface area (Å²) in [5, 5.41) is 25.3. The molecule has 0 bridgehead atoms. The fourth-order valence-electron chi connectivity index (χ4n) is 5.18. The third-order valence-electron chi connectivity index (χ3n) is 7.43. The van der Waals surface area contributed by atoms with Gasteiger partial charge in [-0.3, -0.25) is 4.79 Å². The summed E-state index contributed by atoms with van der Waals surface area (Å²) in [5.74, 6) is -0.193. The fourth-order valence-corrected chi connectivity index (χ4v) is 5.18. The molecule has 0 fully saturated rings. The van der Waals surface area contributed by atoms with Crippen LogP contribution in [0.1, 0.15) is 5.56 Å². The van der Waals surface area contributed by atoms with Crippen molar-refractivity contribution in [3.63, 3.8) is 0 Å². The van der Waals surface area contributed by atoms with Crippen molar-refractivity contribution in [2.75, 3.05) is 112 Å². The van der Waals surface area contributed by atoms with E-state index in [0.717, 1.165) is 0 Å². The number of carbonyl (C=O) groups is 1. The number of hydrogen-bond acceptors (Lipinski definition) is 10. The van der Waals surface area contributed by atoms with Crippen molar-refractivity contribution in [3.8, 4) is 0 Å². The number of aliphatic hydroxyl groups is 2. The Balaban J connectivity index is 0.990. The largest absolute Gasteiger partial charge is 0.394 e. The van der Waals surface area contributed by atoms with Crippen molar-refractivity contribution in [2.45, 2.75) is 6.61 Å². The second-order valence-electron chi connectivity index (χ2n) is 10.6. The summed E-state index contributed by atoms with van der Waals surface area (Å²) < 4.78 is 38.6. The van der Waals surface area contributed by atoms with Crippen molar-refractivity contribution in [1.29, 1.82) is 0 Å². The van der Waals surface area contributed by atoms with Crippen molar-refractivity contribution in [2.24, 2.45) is 0 Å². The number of hydrogen-bond donors (Lipinski definition) is 2. The van der Waals surface area contributed by atoms with Crippen molar-refractivity contribution >= 4 is 38.2 Å². The van der Waals surface area contributed by atoms with Crippen LogP contribution in [-0.2, 0) is 44.6 Å². The van der Waals surface area contributed by atoms with Gasteiger partial charge in [-0.1, -0.05) is 54.6 Å². The highest BCUT2D eigenvalue weighted by molar-refractivity contribution is 6.23. The van der Waals surface area contributed by atoms with Crippen molar-refractivity contribution in [1.82, 2.24) is 4.90 Å². The minimum atomic E-state index is -0.193. The molecule has 11 heteroatoms. The van der Waals surface area contributed by atoms with E-state index in [1.165, 1.54) is 37.9 Å². The summed E-state index contributed by atoms with van der Waals surface area (Å²) in [7, 11) is 0. The van der Waals surface area contributed by atoms with Gasteiger partial charge in [-0.2, -0.15) is 0 Å². The molecule has 4 aromatic carbocycles. The maximum Gasteiger partial charge on any atom is 0.248 e. The highest BCUT2D eigenvalue weighted by Crippen LogP contribution is 2.36. The normalized spacial score (nSPS) is 11.8. The molecule has 252 valence electrons. The van der Waals surface area contributed by atoms with Crippen LogP contribution in [0, 0.1) is 0 Å². The summed E-state index contributed by atoms with van der Waals surface area (Å²) in [6.07, 6.45) is 0. The molecule has 0 unspecified atom stereocenters. The van der Waals surface area contributed by atoms with Gasteiger partial charge in [-0.25, -0.2) is 0 Å². The van der Waals surface area contributed by atoms with Crippen LogP contribution >= 0.6 is 0 Å². The number of benzene rings is 4. The molecular formula is C35H47NO10. The van der Waals surface area contributed by atoms with E-state index in [2.05, 4.69) is 54.6 Å². The average molecular weight is 642 g/mol. The van der Waals surface area contributed by atoms with E-state index in [-0.39, 0.29) is 45.5 Å². The van der Waals surface area contributed by atoms with Gasteiger partial charge in [-0.05, 0) is 37.9 Å². The molecule has 4 aromatic rings. The van der Waals surface area contributed by atoms with Gasteiger partial charge in [0.15, 0.2) is 0 Å². The van der Waals surface area contributed by atoms with Crippen LogP contribution in [0.5, 0.6) is 0 Å². The minimum Gasteiger partial charge on any atom is -0.394 e. The molecule has 0 aromatic heterocycles. The van der Waals surface area contributed by atoms with E-state index in [0.29, 0.717) is 79.2 Å². The summed E-state index contributed by atoms with van der Waals surface area (Å²) in [4.78, 5) is 14.0. The predicted octanol–water partition coefficient (Wildman–Crippen LogP) is 3.01.